The zero-order valence-corrected chi connectivity index (χ0v) is 8.20. The van der Waals surface area contributed by atoms with Gasteiger partial charge in [-0.05, 0) is 19.3 Å². The van der Waals surface area contributed by atoms with Crippen LogP contribution in [-0.2, 0) is 4.74 Å². The van der Waals surface area contributed by atoms with E-state index in [4.69, 9.17) is 15.6 Å². The lowest BCUT2D eigenvalue weighted by Gasteiger charge is -2.36. The summed E-state index contributed by atoms with van der Waals surface area (Å²) in [6, 6.07) is 1.17. The van der Waals surface area contributed by atoms with Crippen LogP contribution in [0.15, 0.2) is 0 Å². The number of nitrogens with two attached hydrogens (primary N) is 1. The maximum Gasteiger partial charge on any atom is 0.0616 e. The van der Waals surface area contributed by atoms with Gasteiger partial charge < -0.3 is 20.9 Å². The number of nitrogens with one attached hydrogen (secondary N) is 1. The van der Waals surface area contributed by atoms with Gasteiger partial charge >= 0.3 is 0 Å². The Morgan fingerprint density at radius 1 is 1.62 bits per heavy atom. The fourth-order valence-electron chi connectivity index (χ4n) is 1.70. The van der Waals surface area contributed by atoms with Crippen LogP contribution in [0.5, 0.6) is 0 Å². The van der Waals surface area contributed by atoms with Crippen molar-refractivity contribution in [3.8, 4) is 0 Å². The van der Waals surface area contributed by atoms with Crippen LogP contribution in [0.1, 0.15) is 19.3 Å². The molecule has 1 rings (SSSR count). The molecule has 4 nitrogen and oxygen atoms in total. The summed E-state index contributed by atoms with van der Waals surface area (Å²) < 4.78 is 5.05. The van der Waals surface area contributed by atoms with Crippen LogP contribution in [-0.4, -0.2) is 43.6 Å². The molecule has 0 heterocycles. The Kier molecular flexibility index (Phi) is 4.66. The van der Waals surface area contributed by atoms with Crippen molar-refractivity contribution in [1.82, 2.24) is 5.32 Å². The van der Waals surface area contributed by atoms with Crippen molar-refractivity contribution in [2.45, 2.75) is 37.4 Å². The minimum Gasteiger partial charge on any atom is -0.396 e. The summed E-state index contributed by atoms with van der Waals surface area (Å²) in [4.78, 5) is 0. The Morgan fingerprint density at radius 3 is 2.77 bits per heavy atom. The van der Waals surface area contributed by atoms with E-state index in [9.17, 15) is 0 Å². The van der Waals surface area contributed by atoms with Crippen molar-refractivity contribution < 1.29 is 9.84 Å². The first-order chi connectivity index (χ1) is 6.26. The Balaban J connectivity index is 2.14. The van der Waals surface area contributed by atoms with Crippen LogP contribution < -0.4 is 11.1 Å². The number of methoxy groups -OCH3 is 1. The summed E-state index contributed by atoms with van der Waals surface area (Å²) in [5.74, 6) is 0. The maximum absolute atomic E-state index is 8.80. The molecular weight excluding hydrogens is 168 g/mol. The normalized spacial score (nSPS) is 29.8. The Morgan fingerprint density at radius 2 is 2.31 bits per heavy atom. The predicted molar refractivity (Wildman–Crippen MR) is 51.5 cm³/mol. The van der Waals surface area contributed by atoms with Gasteiger partial charge in [0.2, 0.25) is 0 Å². The van der Waals surface area contributed by atoms with Crippen molar-refractivity contribution in [2.75, 3.05) is 20.3 Å². The summed E-state index contributed by atoms with van der Waals surface area (Å²) in [7, 11) is 1.68. The number of rotatable bonds is 6. The van der Waals surface area contributed by atoms with E-state index in [0.717, 1.165) is 19.3 Å². The van der Waals surface area contributed by atoms with Gasteiger partial charge in [-0.15, -0.1) is 0 Å². The highest BCUT2D eigenvalue weighted by atomic mass is 16.5. The van der Waals surface area contributed by atoms with Gasteiger partial charge in [0.05, 0.1) is 6.61 Å². The molecular formula is C9H20N2O2. The average Bonchev–Trinajstić information content (AvgIpc) is 2.02. The van der Waals surface area contributed by atoms with Crippen molar-refractivity contribution in [3.05, 3.63) is 0 Å². The third kappa shape index (κ3) is 3.60. The summed E-state index contributed by atoms with van der Waals surface area (Å²) in [6.07, 6.45) is 2.84. The van der Waals surface area contributed by atoms with E-state index in [0.29, 0.717) is 18.7 Å². The molecule has 78 valence electrons. The van der Waals surface area contributed by atoms with Gasteiger partial charge in [0.15, 0.2) is 0 Å². The zero-order chi connectivity index (χ0) is 9.68. The first kappa shape index (κ1) is 10.9. The van der Waals surface area contributed by atoms with Crippen molar-refractivity contribution >= 4 is 0 Å². The molecule has 13 heavy (non-hydrogen) atoms. The number of hydrogen-bond donors (Lipinski definition) is 3. The number of aliphatic hydroxyl groups excluding tert-OH is 1. The van der Waals surface area contributed by atoms with E-state index in [1.807, 2.05) is 0 Å². The smallest absolute Gasteiger partial charge is 0.0616 e. The van der Waals surface area contributed by atoms with E-state index >= 15 is 0 Å². The summed E-state index contributed by atoms with van der Waals surface area (Å²) >= 11 is 0. The standard InChI is InChI=1S/C9H20N2O2/c1-13-6-8(2-3-12)11-9-4-7(10)5-9/h7-9,11-12H,2-6,10H2,1H3. The Bertz CT molecular complexity index is 132. The van der Waals surface area contributed by atoms with E-state index in [2.05, 4.69) is 5.32 Å². The summed E-state index contributed by atoms with van der Waals surface area (Å²) in [6.45, 7) is 0.867. The molecule has 4 N–H and O–H groups in total. The van der Waals surface area contributed by atoms with Crippen LogP contribution in [0.2, 0.25) is 0 Å². The predicted octanol–water partition coefficient (Wildman–Crippen LogP) is -0.537. The molecule has 0 bridgehead atoms. The van der Waals surface area contributed by atoms with Gasteiger partial charge in [0.1, 0.15) is 0 Å². The quantitative estimate of drug-likeness (QED) is 0.524. The van der Waals surface area contributed by atoms with E-state index in [1.165, 1.54) is 0 Å². The third-order valence-electron chi connectivity index (χ3n) is 2.49. The number of aliphatic hydroxyl groups is 1. The molecule has 1 atom stereocenters. The molecule has 1 saturated carbocycles. The SMILES string of the molecule is COCC(CCO)NC1CC(N)C1. The Hall–Kier alpha value is -0.160. The lowest BCUT2D eigenvalue weighted by Crippen LogP contribution is -2.52. The molecule has 0 radical (unpaired) electrons. The minimum atomic E-state index is 0.208. The molecule has 0 aromatic rings. The molecule has 0 aromatic heterocycles. The zero-order valence-electron chi connectivity index (χ0n) is 8.20. The highest BCUT2D eigenvalue weighted by Crippen LogP contribution is 2.18. The van der Waals surface area contributed by atoms with Crippen LogP contribution in [0.25, 0.3) is 0 Å². The van der Waals surface area contributed by atoms with Crippen molar-refractivity contribution in [2.24, 2.45) is 5.73 Å². The first-order valence-electron chi connectivity index (χ1n) is 4.87. The number of ether oxygens (including phenoxy) is 1. The van der Waals surface area contributed by atoms with Crippen molar-refractivity contribution in [1.29, 1.82) is 0 Å². The molecule has 0 spiro atoms. The molecule has 0 aromatic carbocycles. The lowest BCUT2D eigenvalue weighted by atomic mass is 9.87. The fraction of sp³-hybridized carbons (Fsp3) is 1.00. The second kappa shape index (κ2) is 5.54. The average molecular weight is 188 g/mol. The first-order valence-corrected chi connectivity index (χ1v) is 4.87. The minimum absolute atomic E-state index is 0.208. The van der Waals surface area contributed by atoms with Crippen LogP contribution >= 0.6 is 0 Å². The molecule has 4 heteroatoms. The summed E-state index contributed by atoms with van der Waals surface area (Å²) in [5.41, 5.74) is 5.67. The maximum atomic E-state index is 8.80. The molecule has 1 fully saturated rings. The van der Waals surface area contributed by atoms with E-state index < -0.39 is 0 Å². The van der Waals surface area contributed by atoms with E-state index in [1.54, 1.807) is 7.11 Å². The van der Waals surface area contributed by atoms with Gasteiger partial charge in [-0.25, -0.2) is 0 Å². The molecule has 1 aliphatic carbocycles. The molecule has 1 aliphatic rings. The second-order valence-corrected chi connectivity index (χ2v) is 3.76. The third-order valence-corrected chi connectivity index (χ3v) is 2.49. The summed E-state index contributed by atoms with van der Waals surface area (Å²) in [5, 5.41) is 12.2. The Labute approximate surface area is 79.5 Å². The van der Waals surface area contributed by atoms with Crippen LogP contribution in [0.4, 0.5) is 0 Å². The van der Waals surface area contributed by atoms with Gasteiger partial charge in [0, 0.05) is 31.8 Å². The van der Waals surface area contributed by atoms with Gasteiger partial charge in [-0.2, -0.15) is 0 Å². The molecule has 0 aliphatic heterocycles. The molecule has 0 saturated heterocycles. The fourth-order valence-corrected chi connectivity index (χ4v) is 1.70. The van der Waals surface area contributed by atoms with Gasteiger partial charge in [-0.1, -0.05) is 0 Å². The number of hydrogen-bond acceptors (Lipinski definition) is 4. The van der Waals surface area contributed by atoms with Gasteiger partial charge in [0.25, 0.3) is 0 Å². The van der Waals surface area contributed by atoms with Crippen molar-refractivity contribution in [3.63, 3.8) is 0 Å². The highest BCUT2D eigenvalue weighted by molar-refractivity contribution is 4.89. The molecule has 0 amide bonds. The van der Waals surface area contributed by atoms with Crippen LogP contribution in [0.3, 0.4) is 0 Å². The van der Waals surface area contributed by atoms with Crippen LogP contribution in [0, 0.1) is 0 Å². The lowest BCUT2D eigenvalue weighted by molar-refractivity contribution is 0.129. The molecule has 1 unspecified atom stereocenters. The highest BCUT2D eigenvalue weighted by Gasteiger charge is 2.27. The second-order valence-electron chi connectivity index (χ2n) is 3.76. The van der Waals surface area contributed by atoms with E-state index in [-0.39, 0.29) is 12.6 Å². The largest absolute Gasteiger partial charge is 0.396 e. The topological polar surface area (TPSA) is 67.5 Å². The monoisotopic (exact) mass is 188 g/mol. The van der Waals surface area contributed by atoms with Gasteiger partial charge in [-0.3, -0.25) is 0 Å².